The fraction of sp³-hybridized carbons (Fsp3) is 0.900. The Morgan fingerprint density at radius 2 is 2.14 bits per heavy atom. The van der Waals surface area contributed by atoms with Crippen molar-refractivity contribution in [2.45, 2.75) is 31.7 Å². The van der Waals surface area contributed by atoms with Crippen molar-refractivity contribution in [3.63, 3.8) is 0 Å². The quantitative estimate of drug-likeness (QED) is 0.545. The maximum Gasteiger partial charge on any atom is 0.234 e. The molecular formula is C10H18N2O2. The van der Waals surface area contributed by atoms with E-state index in [1.54, 1.807) is 0 Å². The summed E-state index contributed by atoms with van der Waals surface area (Å²) in [5.74, 6) is 0.0845. The zero-order valence-electron chi connectivity index (χ0n) is 8.38. The number of carbonyl (C=O) groups is 1. The molecule has 0 atom stereocenters. The lowest BCUT2D eigenvalue weighted by atomic mass is 10.1. The predicted octanol–water partition coefficient (Wildman–Crippen LogP) is -0.373. The van der Waals surface area contributed by atoms with E-state index in [1.165, 1.54) is 0 Å². The fourth-order valence-electron chi connectivity index (χ4n) is 1.52. The number of nitrogens with one attached hydrogen (secondary N) is 2. The molecule has 14 heavy (non-hydrogen) atoms. The molecule has 80 valence electrons. The monoisotopic (exact) mass is 198 g/mol. The SMILES string of the molecule is O=C(CNCC1(CO)CC1)NC1CC1. The van der Waals surface area contributed by atoms with Gasteiger partial charge in [-0.3, -0.25) is 4.79 Å². The van der Waals surface area contributed by atoms with Gasteiger partial charge in [0.05, 0.1) is 6.54 Å². The average molecular weight is 198 g/mol. The second-order valence-electron chi connectivity index (χ2n) is 4.60. The average Bonchev–Trinajstić information content (AvgIpc) is 3.00. The number of rotatable bonds is 6. The first-order valence-electron chi connectivity index (χ1n) is 5.35. The normalized spacial score (nSPS) is 23.2. The molecule has 0 saturated heterocycles. The van der Waals surface area contributed by atoms with Crippen LogP contribution in [0.5, 0.6) is 0 Å². The summed E-state index contributed by atoms with van der Waals surface area (Å²) in [4.78, 5) is 11.3. The van der Waals surface area contributed by atoms with Crippen LogP contribution in [0.15, 0.2) is 0 Å². The number of aliphatic hydroxyl groups excluding tert-OH is 1. The molecule has 2 fully saturated rings. The van der Waals surface area contributed by atoms with Gasteiger partial charge in [0.15, 0.2) is 0 Å². The summed E-state index contributed by atoms with van der Waals surface area (Å²) in [6.45, 7) is 1.39. The Balaban J connectivity index is 1.55. The van der Waals surface area contributed by atoms with E-state index in [-0.39, 0.29) is 17.9 Å². The van der Waals surface area contributed by atoms with Gasteiger partial charge in [-0.15, -0.1) is 0 Å². The molecule has 0 aromatic heterocycles. The Labute approximate surface area is 84.1 Å². The van der Waals surface area contributed by atoms with Crippen molar-refractivity contribution in [2.75, 3.05) is 19.7 Å². The second kappa shape index (κ2) is 3.87. The van der Waals surface area contributed by atoms with Crippen LogP contribution >= 0.6 is 0 Å². The fourth-order valence-corrected chi connectivity index (χ4v) is 1.52. The van der Waals surface area contributed by atoms with Crippen LogP contribution in [0.1, 0.15) is 25.7 Å². The van der Waals surface area contributed by atoms with E-state index < -0.39 is 0 Å². The first-order valence-corrected chi connectivity index (χ1v) is 5.35. The van der Waals surface area contributed by atoms with Gasteiger partial charge in [-0.1, -0.05) is 0 Å². The summed E-state index contributed by atoms with van der Waals surface area (Å²) in [5, 5.41) is 15.1. The summed E-state index contributed by atoms with van der Waals surface area (Å²) in [5.41, 5.74) is 0.0971. The highest BCUT2D eigenvalue weighted by atomic mass is 16.3. The maximum atomic E-state index is 11.3. The van der Waals surface area contributed by atoms with E-state index in [0.29, 0.717) is 12.6 Å². The lowest BCUT2D eigenvalue weighted by Crippen LogP contribution is -2.38. The molecule has 4 nitrogen and oxygen atoms in total. The second-order valence-corrected chi connectivity index (χ2v) is 4.60. The number of hydrogen-bond donors (Lipinski definition) is 3. The van der Waals surface area contributed by atoms with Crippen molar-refractivity contribution in [2.24, 2.45) is 5.41 Å². The van der Waals surface area contributed by atoms with Crippen molar-refractivity contribution in [1.29, 1.82) is 0 Å². The molecule has 2 saturated carbocycles. The molecule has 0 aromatic rings. The summed E-state index contributed by atoms with van der Waals surface area (Å²) < 4.78 is 0. The highest BCUT2D eigenvalue weighted by molar-refractivity contribution is 5.78. The third-order valence-electron chi connectivity index (χ3n) is 3.02. The molecule has 0 aromatic carbocycles. The van der Waals surface area contributed by atoms with E-state index in [9.17, 15) is 4.79 Å². The minimum absolute atomic E-state index is 0.0845. The van der Waals surface area contributed by atoms with Gasteiger partial charge in [0.25, 0.3) is 0 Å². The molecule has 0 aliphatic heterocycles. The van der Waals surface area contributed by atoms with Crippen LogP contribution in [0.2, 0.25) is 0 Å². The van der Waals surface area contributed by atoms with Crippen LogP contribution in [0.4, 0.5) is 0 Å². The van der Waals surface area contributed by atoms with E-state index in [0.717, 1.165) is 32.2 Å². The minimum atomic E-state index is 0.0845. The van der Waals surface area contributed by atoms with Gasteiger partial charge in [0, 0.05) is 24.6 Å². The van der Waals surface area contributed by atoms with E-state index in [2.05, 4.69) is 10.6 Å². The summed E-state index contributed by atoms with van der Waals surface area (Å²) in [7, 11) is 0. The van der Waals surface area contributed by atoms with Gasteiger partial charge < -0.3 is 15.7 Å². The van der Waals surface area contributed by atoms with Gasteiger partial charge >= 0.3 is 0 Å². The predicted molar refractivity (Wildman–Crippen MR) is 52.8 cm³/mol. The van der Waals surface area contributed by atoms with Crippen molar-refractivity contribution in [3.8, 4) is 0 Å². The van der Waals surface area contributed by atoms with Crippen LogP contribution in [0.25, 0.3) is 0 Å². The Morgan fingerprint density at radius 1 is 1.43 bits per heavy atom. The smallest absolute Gasteiger partial charge is 0.234 e. The zero-order chi connectivity index (χ0) is 10.0. The largest absolute Gasteiger partial charge is 0.396 e. The molecule has 0 unspecified atom stereocenters. The van der Waals surface area contributed by atoms with Crippen LogP contribution in [-0.2, 0) is 4.79 Å². The molecule has 2 aliphatic rings. The van der Waals surface area contributed by atoms with Gasteiger partial charge in [-0.25, -0.2) is 0 Å². The van der Waals surface area contributed by atoms with Crippen molar-refractivity contribution in [1.82, 2.24) is 10.6 Å². The number of amides is 1. The molecular weight excluding hydrogens is 180 g/mol. The molecule has 0 bridgehead atoms. The lowest BCUT2D eigenvalue weighted by molar-refractivity contribution is -0.120. The standard InChI is InChI=1S/C10H18N2O2/c13-7-10(3-4-10)6-11-5-9(14)12-8-1-2-8/h8,11,13H,1-7H2,(H,12,14). The highest BCUT2D eigenvalue weighted by Gasteiger charge is 2.41. The molecule has 0 heterocycles. The minimum Gasteiger partial charge on any atom is -0.396 e. The molecule has 0 spiro atoms. The van der Waals surface area contributed by atoms with Crippen LogP contribution in [0, 0.1) is 5.41 Å². The van der Waals surface area contributed by atoms with Crippen molar-refractivity contribution in [3.05, 3.63) is 0 Å². The third-order valence-corrected chi connectivity index (χ3v) is 3.02. The van der Waals surface area contributed by atoms with Crippen molar-refractivity contribution >= 4 is 5.91 Å². The van der Waals surface area contributed by atoms with E-state index in [4.69, 9.17) is 5.11 Å². The first-order chi connectivity index (χ1) is 6.74. The van der Waals surface area contributed by atoms with Gasteiger partial charge in [0.1, 0.15) is 0 Å². The van der Waals surface area contributed by atoms with Crippen LogP contribution < -0.4 is 10.6 Å². The zero-order valence-corrected chi connectivity index (χ0v) is 8.38. The summed E-state index contributed by atoms with van der Waals surface area (Å²) in [6.07, 6.45) is 4.43. The van der Waals surface area contributed by atoms with E-state index in [1.807, 2.05) is 0 Å². The van der Waals surface area contributed by atoms with Crippen molar-refractivity contribution < 1.29 is 9.90 Å². The highest BCUT2D eigenvalue weighted by Crippen LogP contribution is 2.44. The topological polar surface area (TPSA) is 61.4 Å². The Kier molecular flexibility index (Phi) is 2.74. The maximum absolute atomic E-state index is 11.3. The van der Waals surface area contributed by atoms with Gasteiger partial charge in [-0.05, 0) is 25.7 Å². The summed E-state index contributed by atoms with van der Waals surface area (Å²) in [6, 6.07) is 0.442. The Morgan fingerprint density at radius 3 is 2.64 bits per heavy atom. The molecule has 1 amide bonds. The Hall–Kier alpha value is -0.610. The third kappa shape index (κ3) is 2.69. The molecule has 0 radical (unpaired) electrons. The number of hydrogen-bond acceptors (Lipinski definition) is 3. The summed E-state index contributed by atoms with van der Waals surface area (Å²) >= 11 is 0. The number of aliphatic hydroxyl groups is 1. The van der Waals surface area contributed by atoms with Crippen LogP contribution in [-0.4, -0.2) is 36.8 Å². The molecule has 3 N–H and O–H groups in total. The molecule has 4 heteroatoms. The Bertz CT molecular complexity index is 222. The molecule has 2 aliphatic carbocycles. The van der Waals surface area contributed by atoms with Crippen LogP contribution in [0.3, 0.4) is 0 Å². The molecule has 2 rings (SSSR count). The lowest BCUT2D eigenvalue weighted by Gasteiger charge is -2.12. The number of carbonyl (C=O) groups excluding carboxylic acids is 1. The first kappa shape index (κ1) is 9.93. The van der Waals surface area contributed by atoms with Gasteiger partial charge in [-0.2, -0.15) is 0 Å². The van der Waals surface area contributed by atoms with Gasteiger partial charge in [0.2, 0.25) is 5.91 Å². The van der Waals surface area contributed by atoms with E-state index >= 15 is 0 Å².